The molecule has 1 amide bonds. The van der Waals surface area contributed by atoms with Crippen LogP contribution in [0.15, 0.2) is 47.1 Å². The third kappa shape index (κ3) is 5.33. The van der Waals surface area contributed by atoms with Gasteiger partial charge in [-0.2, -0.15) is 0 Å². The molecular formula is C23H29ClFNO2. The Kier molecular flexibility index (Phi) is 7.62. The lowest BCUT2D eigenvalue weighted by atomic mass is 9.72. The number of halogens is 2. The van der Waals surface area contributed by atoms with Gasteiger partial charge in [-0.05, 0) is 67.9 Å². The second-order valence-electron chi connectivity index (χ2n) is 7.94. The molecule has 0 heterocycles. The van der Waals surface area contributed by atoms with Crippen LogP contribution in [0.4, 0.5) is 4.39 Å². The monoisotopic (exact) mass is 405 g/mol. The standard InChI is InChI=1S/C23H29ClFNO2/c1-15-6-5-11-23(3,4)19(15)10-7-16(2)21(25)18-9-8-17(14-20(18)24)22(28)26-12-13-27/h7-10,14,27H,5-6,11-13H2,1-4H3,(H,26,28)/b10-7+,21-16-. The predicted molar refractivity (Wildman–Crippen MR) is 114 cm³/mol. The van der Waals surface area contributed by atoms with Crippen LogP contribution in [0.3, 0.4) is 0 Å². The van der Waals surface area contributed by atoms with Gasteiger partial charge in [-0.15, -0.1) is 0 Å². The summed E-state index contributed by atoms with van der Waals surface area (Å²) in [6.45, 7) is 8.32. The Morgan fingerprint density at radius 1 is 1.39 bits per heavy atom. The Morgan fingerprint density at radius 3 is 2.71 bits per heavy atom. The maximum Gasteiger partial charge on any atom is 0.251 e. The minimum atomic E-state index is -0.407. The number of hydrogen-bond acceptors (Lipinski definition) is 2. The minimum absolute atomic E-state index is 0.0941. The first-order chi connectivity index (χ1) is 13.2. The average Bonchev–Trinajstić information content (AvgIpc) is 2.64. The van der Waals surface area contributed by atoms with Gasteiger partial charge in [-0.25, -0.2) is 4.39 Å². The molecule has 1 aromatic rings. The fourth-order valence-electron chi connectivity index (χ4n) is 3.61. The average molecular weight is 406 g/mol. The molecule has 2 N–H and O–H groups in total. The Balaban J connectivity index is 2.27. The Morgan fingerprint density at radius 2 is 2.11 bits per heavy atom. The molecule has 0 aliphatic heterocycles. The first-order valence-electron chi connectivity index (χ1n) is 9.61. The summed E-state index contributed by atoms with van der Waals surface area (Å²) in [5.74, 6) is -0.763. The van der Waals surface area contributed by atoms with Gasteiger partial charge >= 0.3 is 0 Å². The lowest BCUT2D eigenvalue weighted by Crippen LogP contribution is -2.26. The van der Waals surface area contributed by atoms with Crippen molar-refractivity contribution in [3.05, 3.63) is 63.2 Å². The highest BCUT2D eigenvalue weighted by Crippen LogP contribution is 2.41. The number of amides is 1. The quantitative estimate of drug-likeness (QED) is 0.583. The normalized spacial score (nSPS) is 17.7. The number of benzene rings is 1. The molecule has 1 aromatic carbocycles. The van der Waals surface area contributed by atoms with Gasteiger partial charge in [0.2, 0.25) is 0 Å². The summed E-state index contributed by atoms with van der Waals surface area (Å²) in [6, 6.07) is 4.48. The van der Waals surface area contributed by atoms with E-state index >= 15 is 0 Å². The summed E-state index contributed by atoms with van der Waals surface area (Å²) in [5.41, 5.74) is 3.80. The Labute approximate surface area is 172 Å². The van der Waals surface area contributed by atoms with Gasteiger partial charge in [-0.3, -0.25) is 4.79 Å². The van der Waals surface area contributed by atoms with E-state index in [4.69, 9.17) is 16.7 Å². The van der Waals surface area contributed by atoms with Crippen LogP contribution in [0.25, 0.3) is 5.83 Å². The van der Waals surface area contributed by atoms with Gasteiger partial charge in [0.15, 0.2) is 0 Å². The number of aliphatic hydroxyl groups excluding tert-OH is 1. The molecule has 152 valence electrons. The molecule has 0 unspecified atom stereocenters. The first-order valence-corrected chi connectivity index (χ1v) is 9.99. The number of carbonyl (C=O) groups excluding carboxylic acids is 1. The molecule has 0 fully saturated rings. The van der Waals surface area contributed by atoms with E-state index in [0.29, 0.717) is 11.1 Å². The number of aliphatic hydroxyl groups is 1. The maximum atomic E-state index is 15.0. The molecule has 0 spiro atoms. The Bertz CT molecular complexity index is 837. The zero-order valence-electron chi connectivity index (χ0n) is 17.0. The van der Waals surface area contributed by atoms with Crippen LogP contribution in [0.5, 0.6) is 0 Å². The molecule has 1 aliphatic carbocycles. The summed E-state index contributed by atoms with van der Waals surface area (Å²) < 4.78 is 15.0. The minimum Gasteiger partial charge on any atom is -0.395 e. The van der Waals surface area contributed by atoms with Gasteiger partial charge in [0.05, 0.1) is 11.6 Å². The molecule has 0 atom stereocenters. The van der Waals surface area contributed by atoms with Crippen LogP contribution in [0.2, 0.25) is 5.02 Å². The van der Waals surface area contributed by atoms with E-state index in [1.54, 1.807) is 13.0 Å². The van der Waals surface area contributed by atoms with Crippen molar-refractivity contribution in [1.29, 1.82) is 0 Å². The largest absolute Gasteiger partial charge is 0.395 e. The van der Waals surface area contributed by atoms with Gasteiger partial charge in [-0.1, -0.05) is 43.2 Å². The van der Waals surface area contributed by atoms with Crippen LogP contribution < -0.4 is 5.32 Å². The van der Waals surface area contributed by atoms with Crippen molar-refractivity contribution in [3.8, 4) is 0 Å². The van der Waals surface area contributed by atoms with Crippen molar-refractivity contribution in [3.63, 3.8) is 0 Å². The second kappa shape index (κ2) is 9.53. The van der Waals surface area contributed by atoms with Gasteiger partial charge < -0.3 is 10.4 Å². The predicted octanol–water partition coefficient (Wildman–Crippen LogP) is 5.85. The van der Waals surface area contributed by atoms with E-state index in [1.165, 1.54) is 35.8 Å². The fraction of sp³-hybridized carbons (Fsp3) is 0.435. The molecule has 0 saturated carbocycles. The molecule has 1 aliphatic rings. The van der Waals surface area contributed by atoms with Gasteiger partial charge in [0, 0.05) is 17.7 Å². The number of rotatable bonds is 6. The summed E-state index contributed by atoms with van der Waals surface area (Å²) in [6.07, 6.45) is 7.22. The zero-order valence-corrected chi connectivity index (χ0v) is 17.8. The summed E-state index contributed by atoms with van der Waals surface area (Å²) in [4.78, 5) is 11.9. The molecule has 0 bridgehead atoms. The zero-order chi connectivity index (χ0) is 20.9. The molecule has 0 radical (unpaired) electrons. The van der Waals surface area contributed by atoms with Gasteiger partial charge in [0.25, 0.3) is 5.91 Å². The van der Waals surface area contributed by atoms with Crippen LogP contribution in [-0.4, -0.2) is 24.2 Å². The molecule has 0 aromatic heterocycles. The van der Waals surface area contributed by atoms with Crippen molar-refractivity contribution in [1.82, 2.24) is 5.32 Å². The van der Waals surface area contributed by atoms with Crippen LogP contribution in [0.1, 0.15) is 62.9 Å². The molecule has 0 saturated heterocycles. The molecular weight excluding hydrogens is 377 g/mol. The lowest BCUT2D eigenvalue weighted by molar-refractivity contribution is 0.0944. The number of nitrogens with one attached hydrogen (secondary N) is 1. The third-order valence-corrected chi connectivity index (χ3v) is 5.57. The topological polar surface area (TPSA) is 49.3 Å². The van der Waals surface area contributed by atoms with E-state index < -0.39 is 5.83 Å². The summed E-state index contributed by atoms with van der Waals surface area (Å²) >= 11 is 6.23. The van der Waals surface area contributed by atoms with Crippen LogP contribution in [-0.2, 0) is 0 Å². The highest BCUT2D eigenvalue weighted by atomic mass is 35.5. The van der Waals surface area contributed by atoms with E-state index in [1.807, 2.05) is 6.08 Å². The van der Waals surface area contributed by atoms with Crippen molar-refractivity contribution in [2.24, 2.45) is 5.41 Å². The highest BCUT2D eigenvalue weighted by molar-refractivity contribution is 6.32. The number of carbonyl (C=O) groups is 1. The van der Waals surface area contributed by atoms with Crippen molar-refractivity contribution in [2.45, 2.75) is 47.0 Å². The van der Waals surface area contributed by atoms with E-state index in [-0.39, 0.29) is 35.1 Å². The van der Waals surface area contributed by atoms with Crippen molar-refractivity contribution < 1.29 is 14.3 Å². The fourth-order valence-corrected chi connectivity index (χ4v) is 3.87. The third-order valence-electron chi connectivity index (χ3n) is 5.25. The van der Waals surface area contributed by atoms with E-state index in [2.05, 4.69) is 26.1 Å². The summed E-state index contributed by atoms with van der Waals surface area (Å²) in [7, 11) is 0. The molecule has 2 rings (SSSR count). The van der Waals surface area contributed by atoms with Crippen LogP contribution in [0, 0.1) is 5.41 Å². The van der Waals surface area contributed by atoms with Gasteiger partial charge in [0.1, 0.15) is 5.83 Å². The second-order valence-corrected chi connectivity index (χ2v) is 8.34. The maximum absolute atomic E-state index is 15.0. The molecule has 3 nitrogen and oxygen atoms in total. The van der Waals surface area contributed by atoms with Crippen LogP contribution >= 0.6 is 11.6 Å². The van der Waals surface area contributed by atoms with E-state index in [9.17, 15) is 9.18 Å². The van der Waals surface area contributed by atoms with Crippen molar-refractivity contribution in [2.75, 3.05) is 13.2 Å². The smallest absolute Gasteiger partial charge is 0.251 e. The first kappa shape index (κ1) is 22.4. The van der Waals surface area contributed by atoms with E-state index in [0.717, 1.165) is 12.8 Å². The summed E-state index contributed by atoms with van der Waals surface area (Å²) in [5, 5.41) is 11.5. The Hall–Kier alpha value is -1.91. The highest BCUT2D eigenvalue weighted by Gasteiger charge is 2.26. The molecule has 28 heavy (non-hydrogen) atoms. The lowest BCUT2D eigenvalue weighted by Gasteiger charge is -2.33. The number of hydrogen-bond donors (Lipinski definition) is 2. The SMILES string of the molecule is CC1=C(/C=C/C(C)=C(\F)c2ccc(C(=O)NCCO)cc2Cl)C(C)(C)CCC1. The molecule has 5 heteroatoms. The number of allylic oxidation sites excluding steroid dienone is 5. The van der Waals surface area contributed by atoms with Crippen molar-refractivity contribution >= 4 is 23.3 Å².